The number of carboxylic acid groups (broad SMARTS) is 1. The van der Waals surface area contributed by atoms with Gasteiger partial charge in [-0.25, -0.2) is 4.79 Å². The first kappa shape index (κ1) is 21.2. The number of hydrogen-bond acceptors (Lipinski definition) is 2. The van der Waals surface area contributed by atoms with E-state index >= 15 is 0 Å². The van der Waals surface area contributed by atoms with Gasteiger partial charge in [-0.2, -0.15) is 5.26 Å². The monoisotopic (exact) mass is 295 g/mol. The number of rotatable bonds is 5. The first-order valence-corrected chi connectivity index (χ1v) is 6.40. The Kier molecular flexibility index (Phi) is 15.3. The Morgan fingerprint density at radius 2 is 1.77 bits per heavy atom. The Morgan fingerprint density at radius 3 is 2.09 bits per heavy atom. The van der Waals surface area contributed by atoms with Gasteiger partial charge in [-0.15, -0.1) is 0 Å². The third-order valence-electron chi connectivity index (χ3n) is 2.07. The third-order valence-corrected chi connectivity index (χ3v) is 2.07. The van der Waals surface area contributed by atoms with Crippen LogP contribution in [-0.2, 0) is 4.79 Å². The third kappa shape index (κ3) is 14.9. The number of carbonyl (C=O) groups is 1. The van der Waals surface area contributed by atoms with Crippen LogP contribution in [0, 0.1) is 11.3 Å². The minimum absolute atomic E-state index is 0.193. The molecule has 0 fully saturated rings. The molecule has 1 N–H and O–H groups in total. The SMILES string of the molecule is C=CC#N.C=CC=CCC(=C)C(=O)O.C=Cc1ccccc1. The molecule has 0 bridgehead atoms. The van der Waals surface area contributed by atoms with Crippen molar-refractivity contribution in [1.82, 2.24) is 0 Å². The molecule has 1 aromatic rings. The van der Waals surface area contributed by atoms with E-state index in [0.29, 0.717) is 6.42 Å². The second-order valence-corrected chi connectivity index (χ2v) is 3.72. The van der Waals surface area contributed by atoms with E-state index in [9.17, 15) is 4.79 Å². The Balaban J connectivity index is 0. The van der Waals surface area contributed by atoms with Crippen LogP contribution in [0.5, 0.6) is 0 Å². The molecule has 0 aromatic heterocycles. The van der Waals surface area contributed by atoms with Gasteiger partial charge in [0.25, 0.3) is 0 Å². The number of allylic oxidation sites excluding steroid dienone is 4. The molecule has 0 heterocycles. The molecule has 0 aliphatic rings. The average Bonchev–Trinajstić information content (AvgIpc) is 2.56. The molecule has 22 heavy (non-hydrogen) atoms. The lowest BCUT2D eigenvalue weighted by Gasteiger charge is -1.90. The number of nitriles is 1. The molecular weight excluding hydrogens is 274 g/mol. The molecule has 3 heteroatoms. The highest BCUT2D eigenvalue weighted by molar-refractivity contribution is 5.86. The van der Waals surface area contributed by atoms with Gasteiger partial charge in [0.05, 0.1) is 6.07 Å². The van der Waals surface area contributed by atoms with Crippen molar-refractivity contribution in [2.75, 3.05) is 0 Å². The Bertz CT molecular complexity index is 549. The van der Waals surface area contributed by atoms with Crippen molar-refractivity contribution < 1.29 is 9.90 Å². The predicted molar refractivity (Wildman–Crippen MR) is 93.1 cm³/mol. The van der Waals surface area contributed by atoms with Crippen molar-refractivity contribution in [3.8, 4) is 6.07 Å². The van der Waals surface area contributed by atoms with E-state index in [2.05, 4.69) is 26.3 Å². The highest BCUT2D eigenvalue weighted by Crippen LogP contribution is 1.98. The van der Waals surface area contributed by atoms with E-state index in [-0.39, 0.29) is 5.57 Å². The second kappa shape index (κ2) is 15.9. The zero-order chi connectivity index (χ0) is 17.2. The maximum atomic E-state index is 10.1. The minimum atomic E-state index is -0.950. The van der Waals surface area contributed by atoms with Crippen molar-refractivity contribution in [2.24, 2.45) is 0 Å². The Morgan fingerprint density at radius 1 is 1.23 bits per heavy atom. The lowest BCUT2D eigenvalue weighted by molar-refractivity contribution is -0.132. The molecular formula is C19H21NO2. The van der Waals surface area contributed by atoms with Crippen molar-refractivity contribution in [3.05, 3.63) is 92.1 Å². The second-order valence-electron chi connectivity index (χ2n) is 3.72. The summed E-state index contributed by atoms with van der Waals surface area (Å²) in [5.74, 6) is -0.950. The van der Waals surface area contributed by atoms with Crippen LogP contribution >= 0.6 is 0 Å². The quantitative estimate of drug-likeness (QED) is 0.483. The van der Waals surface area contributed by atoms with Gasteiger partial charge in [0, 0.05) is 11.6 Å². The number of hydrogen-bond donors (Lipinski definition) is 1. The summed E-state index contributed by atoms with van der Waals surface area (Å²) in [7, 11) is 0. The molecule has 114 valence electrons. The van der Waals surface area contributed by atoms with Crippen LogP contribution in [0.3, 0.4) is 0 Å². The lowest BCUT2D eigenvalue weighted by atomic mass is 10.2. The average molecular weight is 295 g/mol. The summed E-state index contributed by atoms with van der Waals surface area (Å²) in [4.78, 5) is 10.1. The van der Waals surface area contributed by atoms with E-state index < -0.39 is 5.97 Å². The maximum Gasteiger partial charge on any atom is 0.331 e. The fourth-order valence-electron chi connectivity index (χ4n) is 0.983. The van der Waals surface area contributed by atoms with Crippen molar-refractivity contribution >= 4 is 12.0 Å². The van der Waals surface area contributed by atoms with Crippen LogP contribution in [0.1, 0.15) is 12.0 Å². The number of benzene rings is 1. The summed E-state index contributed by atoms with van der Waals surface area (Å²) in [5.41, 5.74) is 1.37. The largest absolute Gasteiger partial charge is 0.478 e. The van der Waals surface area contributed by atoms with Crippen molar-refractivity contribution in [1.29, 1.82) is 5.26 Å². The molecule has 0 spiro atoms. The van der Waals surface area contributed by atoms with Crippen molar-refractivity contribution in [3.63, 3.8) is 0 Å². The van der Waals surface area contributed by atoms with E-state index in [1.54, 1.807) is 24.3 Å². The van der Waals surface area contributed by atoms with Crippen LogP contribution in [0.25, 0.3) is 6.08 Å². The van der Waals surface area contributed by atoms with Gasteiger partial charge in [-0.1, -0.05) is 81.0 Å². The standard InChI is InChI=1S/C8H10O2.C8H8.C3H3N/c1-3-4-5-6-7(2)8(9)10;1-2-8-6-4-3-5-7-8;1-2-3-4/h3-5H,1-2,6H2,(H,9,10);2-7H,1H2;2H,1H2. The molecule has 0 aliphatic heterocycles. The summed E-state index contributed by atoms with van der Waals surface area (Å²) < 4.78 is 0. The fourth-order valence-corrected chi connectivity index (χ4v) is 0.983. The fraction of sp³-hybridized carbons (Fsp3) is 0.0526. The van der Waals surface area contributed by atoms with Crippen molar-refractivity contribution in [2.45, 2.75) is 6.42 Å². The summed E-state index contributed by atoms with van der Waals surface area (Å²) in [6.07, 6.45) is 8.37. The Labute approximate surface area is 132 Å². The summed E-state index contributed by atoms with van der Waals surface area (Å²) in [5, 5.41) is 15.8. The first-order chi connectivity index (χ1) is 10.5. The van der Waals surface area contributed by atoms with Gasteiger partial charge in [0.15, 0.2) is 0 Å². The summed E-state index contributed by atoms with van der Waals surface area (Å²) in [6, 6.07) is 11.7. The molecule has 0 radical (unpaired) electrons. The Hall–Kier alpha value is -3.12. The van der Waals surface area contributed by atoms with Crippen LogP contribution in [0.15, 0.2) is 86.5 Å². The van der Waals surface area contributed by atoms with Gasteiger partial charge in [0.2, 0.25) is 0 Å². The van der Waals surface area contributed by atoms with Crippen LogP contribution in [-0.4, -0.2) is 11.1 Å². The molecule has 0 unspecified atom stereocenters. The topological polar surface area (TPSA) is 61.1 Å². The van der Waals surface area contributed by atoms with Gasteiger partial charge in [0.1, 0.15) is 0 Å². The van der Waals surface area contributed by atoms with Crippen LogP contribution in [0.2, 0.25) is 0 Å². The number of nitrogens with zero attached hydrogens (tertiary/aromatic N) is 1. The molecule has 0 atom stereocenters. The molecule has 1 rings (SSSR count). The zero-order valence-corrected chi connectivity index (χ0v) is 12.6. The van der Waals surface area contributed by atoms with Crippen LogP contribution in [0.4, 0.5) is 0 Å². The highest BCUT2D eigenvalue weighted by atomic mass is 16.4. The van der Waals surface area contributed by atoms with E-state index in [4.69, 9.17) is 10.4 Å². The molecule has 0 saturated heterocycles. The van der Waals surface area contributed by atoms with Gasteiger partial charge >= 0.3 is 5.97 Å². The van der Waals surface area contributed by atoms with Crippen LogP contribution < -0.4 is 0 Å². The first-order valence-electron chi connectivity index (χ1n) is 6.40. The van der Waals surface area contributed by atoms with Gasteiger partial charge in [-0.05, 0) is 12.0 Å². The summed E-state index contributed by atoms with van der Waals surface area (Å²) in [6.45, 7) is 13.5. The number of carboxylic acids is 1. The minimum Gasteiger partial charge on any atom is -0.478 e. The van der Waals surface area contributed by atoms with E-state index in [1.807, 2.05) is 36.4 Å². The lowest BCUT2D eigenvalue weighted by Crippen LogP contribution is -1.96. The van der Waals surface area contributed by atoms with E-state index in [1.165, 1.54) is 11.6 Å². The molecule has 0 amide bonds. The maximum absolute atomic E-state index is 10.1. The molecule has 0 saturated carbocycles. The van der Waals surface area contributed by atoms with E-state index in [0.717, 1.165) is 0 Å². The highest BCUT2D eigenvalue weighted by Gasteiger charge is 1.98. The predicted octanol–water partition coefficient (Wildman–Crippen LogP) is 4.79. The molecule has 1 aromatic carbocycles. The molecule has 0 aliphatic carbocycles. The normalized spacial score (nSPS) is 8.14. The number of aliphatic carboxylic acids is 1. The zero-order valence-electron chi connectivity index (χ0n) is 12.6. The summed E-state index contributed by atoms with van der Waals surface area (Å²) >= 11 is 0. The van der Waals surface area contributed by atoms with Gasteiger partial charge < -0.3 is 5.11 Å². The molecule has 3 nitrogen and oxygen atoms in total. The van der Waals surface area contributed by atoms with Gasteiger partial charge in [-0.3, -0.25) is 0 Å². The smallest absolute Gasteiger partial charge is 0.331 e.